The minimum absolute atomic E-state index is 0.00680. The van der Waals surface area contributed by atoms with Crippen LogP contribution in [0.1, 0.15) is 0 Å². The molecule has 0 spiro atoms. The third-order valence-corrected chi connectivity index (χ3v) is 3.23. The largest absolute Gasteiger partial charge is 0.475 e. The standard InChI is InChI=1S/C15H8O5/c16-7-20-14(15(18)19)12-9-5-1-3-8-4-2-6-10(11(8)9)13(12)17/h1-7H,(H,18,19). The van der Waals surface area contributed by atoms with Gasteiger partial charge in [-0.15, -0.1) is 0 Å². The number of hydrogen-bond donors (Lipinski definition) is 1. The lowest BCUT2D eigenvalue weighted by Gasteiger charge is -1.98. The first-order chi connectivity index (χ1) is 9.65. The van der Waals surface area contributed by atoms with Gasteiger partial charge in [0.2, 0.25) is 5.76 Å². The zero-order valence-electron chi connectivity index (χ0n) is 10.1. The monoisotopic (exact) mass is 268 g/mol. The maximum absolute atomic E-state index is 12.4. The third kappa shape index (κ3) is 1.53. The van der Waals surface area contributed by atoms with Crippen molar-refractivity contribution in [3.05, 3.63) is 51.8 Å². The summed E-state index contributed by atoms with van der Waals surface area (Å²) >= 11 is 0. The highest BCUT2D eigenvalue weighted by Crippen LogP contribution is 2.23. The van der Waals surface area contributed by atoms with Crippen LogP contribution in [0.5, 0.6) is 0 Å². The Morgan fingerprint density at radius 3 is 2.35 bits per heavy atom. The summed E-state index contributed by atoms with van der Waals surface area (Å²) in [6.07, 6.45) is 0. The molecule has 0 saturated heterocycles. The number of hydrogen-bond acceptors (Lipinski definition) is 4. The Morgan fingerprint density at radius 1 is 1.10 bits per heavy atom. The molecule has 0 radical (unpaired) electrons. The van der Waals surface area contributed by atoms with Crippen molar-refractivity contribution in [2.45, 2.75) is 0 Å². The van der Waals surface area contributed by atoms with Crippen LogP contribution < -0.4 is 10.6 Å². The van der Waals surface area contributed by atoms with Gasteiger partial charge in [-0.25, -0.2) is 4.79 Å². The van der Waals surface area contributed by atoms with Crippen molar-refractivity contribution in [1.82, 2.24) is 0 Å². The summed E-state index contributed by atoms with van der Waals surface area (Å²) < 4.78 is 4.50. The van der Waals surface area contributed by atoms with Crippen molar-refractivity contribution < 1.29 is 19.4 Å². The molecule has 3 aromatic carbocycles. The Kier molecular flexibility index (Phi) is 2.61. The van der Waals surface area contributed by atoms with Crippen molar-refractivity contribution in [3.63, 3.8) is 0 Å². The quantitative estimate of drug-likeness (QED) is 0.713. The lowest BCUT2D eigenvalue weighted by molar-refractivity contribution is -0.136. The molecule has 5 heteroatoms. The molecule has 0 aromatic heterocycles. The van der Waals surface area contributed by atoms with E-state index in [1.807, 2.05) is 12.1 Å². The Labute approximate surface area is 112 Å². The van der Waals surface area contributed by atoms with Crippen LogP contribution in [0.4, 0.5) is 0 Å². The zero-order chi connectivity index (χ0) is 14.3. The summed E-state index contributed by atoms with van der Waals surface area (Å²) in [4.78, 5) is 34.0. The van der Waals surface area contributed by atoms with Gasteiger partial charge in [-0.05, 0) is 10.8 Å². The van der Waals surface area contributed by atoms with E-state index in [1.165, 1.54) is 0 Å². The van der Waals surface area contributed by atoms with Gasteiger partial charge in [-0.1, -0.05) is 36.4 Å². The van der Waals surface area contributed by atoms with E-state index in [-0.39, 0.29) is 11.7 Å². The molecule has 3 rings (SSSR count). The molecule has 0 heterocycles. The summed E-state index contributed by atoms with van der Waals surface area (Å²) in [6, 6.07) is 10.4. The fourth-order valence-corrected chi connectivity index (χ4v) is 2.49. The van der Waals surface area contributed by atoms with E-state index in [0.717, 1.165) is 5.39 Å². The second kappa shape index (κ2) is 4.31. The first kappa shape index (κ1) is 12.1. The molecule has 0 aliphatic heterocycles. The molecule has 0 aliphatic carbocycles. The molecule has 1 N–H and O–H groups in total. The maximum Gasteiger partial charge on any atom is 0.372 e. The van der Waals surface area contributed by atoms with Crippen LogP contribution in [0.25, 0.3) is 27.3 Å². The number of carboxylic acids is 1. The van der Waals surface area contributed by atoms with Gasteiger partial charge in [-0.3, -0.25) is 9.59 Å². The maximum atomic E-state index is 12.4. The molecule has 0 amide bonds. The molecule has 0 unspecified atom stereocenters. The van der Waals surface area contributed by atoms with E-state index in [9.17, 15) is 14.4 Å². The predicted molar refractivity (Wildman–Crippen MR) is 72.3 cm³/mol. The Morgan fingerprint density at radius 2 is 1.75 bits per heavy atom. The second-order valence-electron chi connectivity index (χ2n) is 4.26. The van der Waals surface area contributed by atoms with Crippen LogP contribution in [0.2, 0.25) is 0 Å². The van der Waals surface area contributed by atoms with Gasteiger partial charge in [0, 0.05) is 10.8 Å². The Bertz CT molecular complexity index is 937. The highest BCUT2D eigenvalue weighted by molar-refractivity contribution is 6.16. The number of ether oxygens (including phenoxy) is 1. The summed E-state index contributed by atoms with van der Waals surface area (Å²) in [5.41, 5.74) is -0.448. The van der Waals surface area contributed by atoms with Crippen LogP contribution in [0, 0.1) is 0 Å². The second-order valence-corrected chi connectivity index (χ2v) is 4.26. The summed E-state index contributed by atoms with van der Waals surface area (Å²) in [5.74, 6) is -2.10. The minimum atomic E-state index is -1.45. The van der Waals surface area contributed by atoms with Crippen LogP contribution in [-0.4, -0.2) is 17.5 Å². The molecule has 5 nitrogen and oxygen atoms in total. The summed E-state index contributed by atoms with van der Waals surface area (Å²) in [6.45, 7) is 0.00680. The van der Waals surface area contributed by atoms with Crippen molar-refractivity contribution in [1.29, 1.82) is 0 Å². The van der Waals surface area contributed by atoms with Gasteiger partial charge in [0.25, 0.3) is 6.47 Å². The highest BCUT2D eigenvalue weighted by atomic mass is 16.5. The van der Waals surface area contributed by atoms with Crippen LogP contribution in [0.3, 0.4) is 0 Å². The normalized spacial score (nSPS) is 12.6. The third-order valence-electron chi connectivity index (χ3n) is 3.23. The molecular formula is C15H8O5. The number of carbonyl (C=O) groups is 2. The number of carbonyl (C=O) groups excluding carboxylic acids is 1. The molecule has 0 fully saturated rings. The van der Waals surface area contributed by atoms with Crippen molar-refractivity contribution >= 4 is 39.7 Å². The smallest absolute Gasteiger partial charge is 0.372 e. The number of benzene rings is 2. The van der Waals surface area contributed by atoms with E-state index < -0.39 is 17.2 Å². The number of aliphatic carboxylic acids is 1. The molecule has 0 saturated carbocycles. The van der Waals surface area contributed by atoms with Crippen molar-refractivity contribution in [2.75, 3.05) is 0 Å². The first-order valence-electron chi connectivity index (χ1n) is 5.80. The zero-order valence-corrected chi connectivity index (χ0v) is 10.1. The molecule has 0 aliphatic rings. The lowest BCUT2D eigenvalue weighted by Crippen LogP contribution is -2.27. The van der Waals surface area contributed by atoms with Gasteiger partial charge < -0.3 is 9.84 Å². The molecule has 20 heavy (non-hydrogen) atoms. The molecule has 3 aromatic rings. The average molecular weight is 268 g/mol. The molecule has 0 bridgehead atoms. The van der Waals surface area contributed by atoms with E-state index in [4.69, 9.17) is 5.11 Å². The first-order valence-corrected chi connectivity index (χ1v) is 5.80. The Balaban J connectivity index is 2.67. The van der Waals surface area contributed by atoms with Crippen LogP contribution in [0.15, 0.2) is 41.2 Å². The van der Waals surface area contributed by atoms with Gasteiger partial charge in [-0.2, -0.15) is 0 Å². The van der Waals surface area contributed by atoms with E-state index in [0.29, 0.717) is 16.2 Å². The Hall–Kier alpha value is -2.95. The fourth-order valence-electron chi connectivity index (χ4n) is 2.49. The van der Waals surface area contributed by atoms with Crippen molar-refractivity contribution in [3.8, 4) is 0 Å². The topological polar surface area (TPSA) is 80.7 Å². The van der Waals surface area contributed by atoms with Gasteiger partial charge in [0.1, 0.15) is 0 Å². The average Bonchev–Trinajstić information content (AvgIpc) is 2.72. The summed E-state index contributed by atoms with van der Waals surface area (Å²) in [7, 11) is 0. The SMILES string of the molecule is O=COC(C(=O)O)=c1c(=O)c2cccc3cccc1c32. The summed E-state index contributed by atoms with van der Waals surface area (Å²) in [5, 5.41) is 11.4. The van der Waals surface area contributed by atoms with Crippen LogP contribution >= 0.6 is 0 Å². The molecule has 98 valence electrons. The predicted octanol–water partition coefficient (Wildman–Crippen LogP) is 0.876. The van der Waals surface area contributed by atoms with Gasteiger partial charge in [0.05, 0.1) is 5.22 Å². The molecule has 0 atom stereocenters. The van der Waals surface area contributed by atoms with Gasteiger partial charge in [0.15, 0.2) is 5.43 Å². The van der Waals surface area contributed by atoms with Gasteiger partial charge >= 0.3 is 5.97 Å². The lowest BCUT2D eigenvalue weighted by atomic mass is 10.1. The van der Waals surface area contributed by atoms with Crippen LogP contribution in [-0.2, 0) is 14.3 Å². The number of rotatable bonds is 3. The van der Waals surface area contributed by atoms with Crippen molar-refractivity contribution in [2.24, 2.45) is 0 Å². The highest BCUT2D eigenvalue weighted by Gasteiger charge is 2.19. The minimum Gasteiger partial charge on any atom is -0.475 e. The number of carboxylic acid groups (broad SMARTS) is 1. The fraction of sp³-hybridized carbons (Fsp3) is 0. The van der Waals surface area contributed by atoms with E-state index in [2.05, 4.69) is 4.74 Å². The van der Waals surface area contributed by atoms with E-state index in [1.54, 1.807) is 24.3 Å². The van der Waals surface area contributed by atoms with E-state index >= 15 is 0 Å². The molecular weight excluding hydrogens is 260 g/mol.